The fourth-order valence-electron chi connectivity index (χ4n) is 1.17. The average Bonchev–Trinajstić information content (AvgIpc) is 2.11. The third kappa shape index (κ3) is 4.44. The van der Waals surface area contributed by atoms with Crippen LogP contribution in [0.3, 0.4) is 0 Å². The van der Waals surface area contributed by atoms with Gasteiger partial charge in [-0.2, -0.15) is 0 Å². The standard InChI is InChI=1S/C12H15Cl2NO2/c1-7-5-10(9(14)6-8(7)13)15-11(16)17-12(2,3)4/h5-6H,1-4H3,(H,15,16). The van der Waals surface area contributed by atoms with E-state index in [1.165, 1.54) is 0 Å². The molecule has 1 aromatic carbocycles. The Morgan fingerprint density at radius 3 is 2.35 bits per heavy atom. The minimum atomic E-state index is -0.544. The van der Waals surface area contributed by atoms with Crippen molar-refractivity contribution in [3.8, 4) is 0 Å². The van der Waals surface area contributed by atoms with Crippen LogP contribution in [0.25, 0.3) is 0 Å². The molecule has 0 heterocycles. The Morgan fingerprint density at radius 1 is 1.24 bits per heavy atom. The zero-order valence-electron chi connectivity index (χ0n) is 10.2. The average molecular weight is 276 g/mol. The van der Waals surface area contributed by atoms with Crippen molar-refractivity contribution in [2.24, 2.45) is 0 Å². The lowest BCUT2D eigenvalue weighted by molar-refractivity contribution is 0.0636. The number of nitrogens with one attached hydrogen (secondary N) is 1. The number of anilines is 1. The number of hydrogen-bond donors (Lipinski definition) is 1. The first-order valence-electron chi connectivity index (χ1n) is 5.15. The van der Waals surface area contributed by atoms with Gasteiger partial charge in [-0.1, -0.05) is 23.2 Å². The van der Waals surface area contributed by atoms with Crippen molar-refractivity contribution in [1.29, 1.82) is 0 Å². The summed E-state index contributed by atoms with van der Waals surface area (Å²) in [5.74, 6) is 0. The largest absolute Gasteiger partial charge is 0.444 e. The Labute approximate surface area is 111 Å². The molecule has 5 heteroatoms. The van der Waals surface area contributed by atoms with E-state index < -0.39 is 11.7 Å². The van der Waals surface area contributed by atoms with Crippen LogP contribution in [0.5, 0.6) is 0 Å². The molecule has 17 heavy (non-hydrogen) atoms. The molecule has 1 N–H and O–H groups in total. The molecule has 0 radical (unpaired) electrons. The van der Waals surface area contributed by atoms with E-state index in [4.69, 9.17) is 27.9 Å². The molecule has 0 aliphatic heterocycles. The van der Waals surface area contributed by atoms with E-state index in [9.17, 15) is 4.79 Å². The lowest BCUT2D eigenvalue weighted by Crippen LogP contribution is -2.27. The molecule has 0 saturated carbocycles. The van der Waals surface area contributed by atoms with Gasteiger partial charge in [0.1, 0.15) is 5.60 Å². The molecule has 3 nitrogen and oxygen atoms in total. The molecule has 0 aliphatic carbocycles. The van der Waals surface area contributed by atoms with Gasteiger partial charge in [0.25, 0.3) is 0 Å². The van der Waals surface area contributed by atoms with Crippen LogP contribution >= 0.6 is 23.2 Å². The lowest BCUT2D eigenvalue weighted by atomic mass is 10.2. The van der Waals surface area contributed by atoms with Crippen molar-refractivity contribution >= 4 is 35.0 Å². The molecule has 0 bridgehead atoms. The number of hydrogen-bond acceptors (Lipinski definition) is 2. The summed E-state index contributed by atoms with van der Waals surface area (Å²) in [6.07, 6.45) is -0.541. The highest BCUT2D eigenvalue weighted by Gasteiger charge is 2.17. The van der Waals surface area contributed by atoms with Crippen molar-refractivity contribution in [2.45, 2.75) is 33.3 Å². The first kappa shape index (κ1) is 14.1. The van der Waals surface area contributed by atoms with Crippen LogP contribution in [0.15, 0.2) is 12.1 Å². The van der Waals surface area contributed by atoms with Crippen molar-refractivity contribution in [3.05, 3.63) is 27.7 Å². The number of rotatable bonds is 1. The maximum atomic E-state index is 11.6. The van der Waals surface area contributed by atoms with Gasteiger partial charge in [0.15, 0.2) is 0 Å². The zero-order chi connectivity index (χ0) is 13.2. The number of carbonyl (C=O) groups excluding carboxylic acids is 1. The van der Waals surface area contributed by atoms with Gasteiger partial charge < -0.3 is 4.74 Å². The van der Waals surface area contributed by atoms with Crippen LogP contribution in [-0.2, 0) is 4.74 Å². The number of carbonyl (C=O) groups is 1. The number of benzene rings is 1. The maximum absolute atomic E-state index is 11.6. The molecule has 0 aromatic heterocycles. The normalized spacial score (nSPS) is 11.2. The maximum Gasteiger partial charge on any atom is 0.412 e. The second-order valence-corrected chi connectivity index (χ2v) is 5.52. The van der Waals surface area contributed by atoms with Crippen LogP contribution in [-0.4, -0.2) is 11.7 Å². The summed E-state index contributed by atoms with van der Waals surface area (Å²) in [6.45, 7) is 7.21. The predicted octanol–water partition coefficient (Wildman–Crippen LogP) is 4.65. The second-order valence-electron chi connectivity index (χ2n) is 4.71. The van der Waals surface area contributed by atoms with Crippen LogP contribution in [0.2, 0.25) is 10.0 Å². The highest BCUT2D eigenvalue weighted by molar-refractivity contribution is 6.37. The smallest absolute Gasteiger partial charge is 0.412 e. The molecule has 1 aromatic rings. The van der Waals surface area contributed by atoms with Crippen LogP contribution in [0.1, 0.15) is 26.3 Å². The first-order chi connectivity index (χ1) is 7.69. The van der Waals surface area contributed by atoms with Crippen molar-refractivity contribution < 1.29 is 9.53 Å². The summed E-state index contributed by atoms with van der Waals surface area (Å²) >= 11 is 11.9. The molecular weight excluding hydrogens is 261 g/mol. The quantitative estimate of drug-likeness (QED) is 0.810. The second kappa shape index (κ2) is 5.15. The number of aryl methyl sites for hydroxylation is 1. The van der Waals surface area contributed by atoms with E-state index in [1.54, 1.807) is 32.9 Å². The van der Waals surface area contributed by atoms with Gasteiger partial charge in [-0.25, -0.2) is 4.79 Å². The van der Waals surface area contributed by atoms with E-state index in [1.807, 2.05) is 6.92 Å². The predicted molar refractivity (Wildman–Crippen MR) is 71.1 cm³/mol. The molecule has 0 fully saturated rings. The molecule has 0 saturated heterocycles. The van der Waals surface area contributed by atoms with Crippen LogP contribution in [0.4, 0.5) is 10.5 Å². The van der Waals surface area contributed by atoms with Crippen LogP contribution in [0, 0.1) is 6.92 Å². The summed E-state index contributed by atoms with van der Waals surface area (Å²) < 4.78 is 5.13. The Morgan fingerprint density at radius 2 is 1.82 bits per heavy atom. The summed E-state index contributed by atoms with van der Waals surface area (Å²) in [5, 5.41) is 3.52. The van der Waals surface area contributed by atoms with Gasteiger partial charge in [0.2, 0.25) is 0 Å². The molecule has 0 atom stereocenters. The number of amides is 1. The molecule has 0 unspecified atom stereocenters. The highest BCUT2D eigenvalue weighted by atomic mass is 35.5. The van der Waals surface area contributed by atoms with E-state index in [0.29, 0.717) is 15.7 Å². The van der Waals surface area contributed by atoms with Crippen molar-refractivity contribution in [2.75, 3.05) is 5.32 Å². The van der Waals surface area contributed by atoms with Gasteiger partial charge in [0.05, 0.1) is 10.7 Å². The van der Waals surface area contributed by atoms with Gasteiger partial charge >= 0.3 is 6.09 Å². The van der Waals surface area contributed by atoms with E-state index >= 15 is 0 Å². The molecule has 94 valence electrons. The molecule has 0 aliphatic rings. The van der Waals surface area contributed by atoms with E-state index in [2.05, 4.69) is 5.32 Å². The molecular formula is C12H15Cl2NO2. The fraction of sp³-hybridized carbons (Fsp3) is 0.417. The molecule has 1 amide bonds. The van der Waals surface area contributed by atoms with Gasteiger partial charge in [0, 0.05) is 5.02 Å². The summed E-state index contributed by atoms with van der Waals surface area (Å²) in [4.78, 5) is 11.6. The molecule has 1 rings (SSSR count). The van der Waals surface area contributed by atoms with Crippen molar-refractivity contribution in [3.63, 3.8) is 0 Å². The highest BCUT2D eigenvalue weighted by Crippen LogP contribution is 2.29. The number of halogens is 2. The minimum Gasteiger partial charge on any atom is -0.444 e. The fourth-order valence-corrected chi connectivity index (χ4v) is 1.60. The SMILES string of the molecule is Cc1cc(NC(=O)OC(C)(C)C)c(Cl)cc1Cl. The lowest BCUT2D eigenvalue weighted by Gasteiger charge is -2.20. The Bertz CT molecular complexity index is 439. The Hall–Kier alpha value is -0.930. The van der Waals surface area contributed by atoms with Gasteiger partial charge in [-0.15, -0.1) is 0 Å². The van der Waals surface area contributed by atoms with Crippen molar-refractivity contribution in [1.82, 2.24) is 0 Å². The molecule has 0 spiro atoms. The van der Waals surface area contributed by atoms with E-state index in [-0.39, 0.29) is 0 Å². The minimum absolute atomic E-state index is 0.381. The summed E-state index contributed by atoms with van der Waals surface area (Å²) in [6, 6.07) is 3.29. The van der Waals surface area contributed by atoms with Crippen LogP contribution < -0.4 is 5.32 Å². The Balaban J connectivity index is 2.82. The number of ether oxygens (including phenoxy) is 1. The third-order valence-electron chi connectivity index (χ3n) is 1.88. The topological polar surface area (TPSA) is 38.3 Å². The Kier molecular flexibility index (Phi) is 4.28. The van der Waals surface area contributed by atoms with Gasteiger partial charge in [-0.3, -0.25) is 5.32 Å². The first-order valence-corrected chi connectivity index (χ1v) is 5.90. The monoisotopic (exact) mass is 275 g/mol. The third-order valence-corrected chi connectivity index (χ3v) is 2.60. The van der Waals surface area contributed by atoms with E-state index in [0.717, 1.165) is 5.56 Å². The zero-order valence-corrected chi connectivity index (χ0v) is 11.7. The van der Waals surface area contributed by atoms with Gasteiger partial charge in [-0.05, 0) is 45.4 Å². The summed E-state index contributed by atoms with van der Waals surface area (Å²) in [5.41, 5.74) is 0.780. The summed E-state index contributed by atoms with van der Waals surface area (Å²) in [7, 11) is 0.